The second-order valence-electron chi connectivity index (χ2n) is 7.26. The Balaban J connectivity index is 1.70. The molecule has 0 bridgehead atoms. The van der Waals surface area contributed by atoms with Gasteiger partial charge >= 0.3 is 5.97 Å². The summed E-state index contributed by atoms with van der Waals surface area (Å²) in [7, 11) is 1.55. The van der Waals surface area contributed by atoms with Gasteiger partial charge in [0.2, 0.25) is 5.76 Å². The molecule has 1 aromatic heterocycles. The van der Waals surface area contributed by atoms with Crippen molar-refractivity contribution in [1.29, 1.82) is 0 Å². The largest absolute Gasteiger partial charge is 0.449 e. The molecule has 1 heterocycles. The van der Waals surface area contributed by atoms with Crippen molar-refractivity contribution in [3.8, 4) is 0 Å². The normalized spacial score (nSPS) is 21.0. The van der Waals surface area contributed by atoms with E-state index >= 15 is 0 Å². The Labute approximate surface area is 159 Å². The number of hydrogen-bond donors (Lipinski definition) is 1. The number of benzene rings is 1. The van der Waals surface area contributed by atoms with Crippen molar-refractivity contribution >= 4 is 22.8 Å². The minimum atomic E-state index is -0.893. The zero-order valence-electron chi connectivity index (χ0n) is 16.1. The summed E-state index contributed by atoms with van der Waals surface area (Å²) in [4.78, 5) is 25.1. The van der Waals surface area contributed by atoms with Gasteiger partial charge in [0.15, 0.2) is 6.10 Å². The molecule has 27 heavy (non-hydrogen) atoms. The van der Waals surface area contributed by atoms with Crippen LogP contribution in [-0.4, -0.2) is 31.1 Å². The van der Waals surface area contributed by atoms with E-state index in [1.165, 1.54) is 6.42 Å². The molecule has 146 valence electrons. The lowest BCUT2D eigenvalue weighted by molar-refractivity contribution is -0.130. The summed E-state index contributed by atoms with van der Waals surface area (Å²) in [5, 5.41) is 3.83. The molecule has 1 aliphatic rings. The van der Waals surface area contributed by atoms with E-state index in [1.54, 1.807) is 20.1 Å². The number of rotatable bonds is 6. The molecule has 3 rings (SSSR count). The SMILES string of the molecule is COCc1c(C(=O)O[C@H](C)C(=O)N[C@H]2CCCC[C@@H]2C)oc2ccccc12. The Morgan fingerprint density at radius 1 is 1.26 bits per heavy atom. The van der Waals surface area contributed by atoms with Crippen molar-refractivity contribution in [3.63, 3.8) is 0 Å². The van der Waals surface area contributed by atoms with Gasteiger partial charge < -0.3 is 19.2 Å². The van der Waals surface area contributed by atoms with Crippen molar-refractivity contribution in [2.45, 2.75) is 58.3 Å². The smallest absolute Gasteiger partial charge is 0.375 e. The minimum absolute atomic E-state index is 0.0868. The van der Waals surface area contributed by atoms with Crippen molar-refractivity contribution in [3.05, 3.63) is 35.6 Å². The number of fused-ring (bicyclic) bond motifs is 1. The van der Waals surface area contributed by atoms with Gasteiger partial charge in [0.1, 0.15) is 5.58 Å². The van der Waals surface area contributed by atoms with E-state index in [0.717, 1.165) is 24.6 Å². The standard InChI is InChI=1S/C21H27NO5/c1-13-8-4-6-10-17(13)22-20(23)14(2)26-21(24)19-16(12-25-3)15-9-5-7-11-18(15)27-19/h5,7,9,11,13-14,17H,4,6,8,10,12H2,1-3H3,(H,22,23)/t13-,14+,17-/m0/s1. The van der Waals surface area contributed by atoms with Crippen LogP contribution in [0.3, 0.4) is 0 Å². The second kappa shape index (κ2) is 8.57. The lowest BCUT2D eigenvalue weighted by Crippen LogP contribution is -2.46. The van der Waals surface area contributed by atoms with Crippen LogP contribution in [0.1, 0.15) is 55.6 Å². The molecule has 0 spiro atoms. The number of carbonyl (C=O) groups excluding carboxylic acids is 2. The predicted molar refractivity (Wildman–Crippen MR) is 101 cm³/mol. The molecule has 6 heteroatoms. The molecule has 1 aliphatic carbocycles. The molecule has 0 aliphatic heterocycles. The fourth-order valence-corrected chi connectivity index (χ4v) is 3.65. The quantitative estimate of drug-likeness (QED) is 0.779. The Morgan fingerprint density at radius 3 is 2.74 bits per heavy atom. The summed E-state index contributed by atoms with van der Waals surface area (Å²) in [5.41, 5.74) is 1.22. The number of methoxy groups -OCH3 is 1. The third kappa shape index (κ3) is 4.33. The fourth-order valence-electron chi connectivity index (χ4n) is 3.65. The molecule has 1 fully saturated rings. The maximum absolute atomic E-state index is 12.6. The molecule has 1 amide bonds. The van der Waals surface area contributed by atoms with Gasteiger partial charge in [0.05, 0.1) is 6.61 Å². The zero-order chi connectivity index (χ0) is 19.4. The van der Waals surface area contributed by atoms with Gasteiger partial charge in [-0.05, 0) is 31.7 Å². The number of furan rings is 1. The molecular formula is C21H27NO5. The highest BCUT2D eigenvalue weighted by molar-refractivity contribution is 5.97. The van der Waals surface area contributed by atoms with Crippen molar-refractivity contribution < 1.29 is 23.5 Å². The third-order valence-electron chi connectivity index (χ3n) is 5.26. The Bertz CT molecular complexity index is 812. The van der Waals surface area contributed by atoms with Crippen LogP contribution in [0, 0.1) is 5.92 Å². The highest BCUT2D eigenvalue weighted by atomic mass is 16.6. The van der Waals surface area contributed by atoms with Gasteiger partial charge in [-0.1, -0.05) is 38.0 Å². The number of nitrogens with one attached hydrogen (secondary N) is 1. The lowest BCUT2D eigenvalue weighted by atomic mass is 9.86. The summed E-state index contributed by atoms with van der Waals surface area (Å²) in [6, 6.07) is 7.49. The van der Waals surface area contributed by atoms with Crippen LogP contribution in [0.2, 0.25) is 0 Å². The van der Waals surface area contributed by atoms with Gasteiger partial charge in [-0.15, -0.1) is 0 Å². The first-order valence-corrected chi connectivity index (χ1v) is 9.52. The number of hydrogen-bond acceptors (Lipinski definition) is 5. The van der Waals surface area contributed by atoms with Crippen LogP contribution in [0.5, 0.6) is 0 Å². The molecule has 0 saturated heterocycles. The molecule has 0 radical (unpaired) electrons. The molecule has 1 aromatic carbocycles. The van der Waals surface area contributed by atoms with Crippen LogP contribution in [-0.2, 0) is 20.9 Å². The first-order chi connectivity index (χ1) is 13.0. The second-order valence-corrected chi connectivity index (χ2v) is 7.26. The van der Waals surface area contributed by atoms with E-state index in [-0.39, 0.29) is 24.3 Å². The fraction of sp³-hybridized carbons (Fsp3) is 0.524. The molecule has 3 atom stereocenters. The van der Waals surface area contributed by atoms with Gasteiger partial charge in [-0.25, -0.2) is 4.79 Å². The van der Waals surface area contributed by atoms with E-state index < -0.39 is 12.1 Å². The maximum Gasteiger partial charge on any atom is 0.375 e. The van der Waals surface area contributed by atoms with Crippen molar-refractivity contribution in [2.75, 3.05) is 7.11 Å². The molecular weight excluding hydrogens is 346 g/mol. The first kappa shape index (κ1) is 19.4. The van der Waals surface area contributed by atoms with Crippen LogP contribution >= 0.6 is 0 Å². The van der Waals surface area contributed by atoms with Crippen LogP contribution in [0.25, 0.3) is 11.0 Å². The van der Waals surface area contributed by atoms with Gasteiger partial charge in [-0.3, -0.25) is 4.79 Å². The zero-order valence-corrected chi connectivity index (χ0v) is 16.1. The van der Waals surface area contributed by atoms with Crippen LogP contribution < -0.4 is 5.32 Å². The molecule has 6 nitrogen and oxygen atoms in total. The average molecular weight is 373 g/mol. The van der Waals surface area contributed by atoms with E-state index in [2.05, 4.69) is 12.2 Å². The number of amides is 1. The highest BCUT2D eigenvalue weighted by Crippen LogP contribution is 2.28. The molecule has 1 N–H and O–H groups in total. The summed E-state index contributed by atoms with van der Waals surface area (Å²) >= 11 is 0. The Morgan fingerprint density at radius 2 is 2.00 bits per heavy atom. The van der Waals surface area contributed by atoms with E-state index in [9.17, 15) is 9.59 Å². The first-order valence-electron chi connectivity index (χ1n) is 9.52. The van der Waals surface area contributed by atoms with E-state index in [0.29, 0.717) is 17.1 Å². The summed E-state index contributed by atoms with van der Waals surface area (Å²) < 4.78 is 16.3. The number of carbonyl (C=O) groups is 2. The van der Waals surface area contributed by atoms with Gasteiger partial charge in [0.25, 0.3) is 5.91 Å². The van der Waals surface area contributed by atoms with Crippen molar-refractivity contribution in [2.24, 2.45) is 5.92 Å². The lowest BCUT2D eigenvalue weighted by Gasteiger charge is -2.30. The van der Waals surface area contributed by atoms with Crippen LogP contribution in [0.4, 0.5) is 0 Å². The summed E-state index contributed by atoms with van der Waals surface area (Å²) in [6.07, 6.45) is 3.50. The predicted octanol–water partition coefficient (Wildman–Crippen LogP) is 3.82. The topological polar surface area (TPSA) is 77.8 Å². The van der Waals surface area contributed by atoms with Crippen LogP contribution in [0.15, 0.2) is 28.7 Å². The Hall–Kier alpha value is -2.34. The summed E-state index contributed by atoms with van der Waals surface area (Å²) in [6.45, 7) is 3.95. The molecule has 1 saturated carbocycles. The minimum Gasteiger partial charge on any atom is -0.449 e. The third-order valence-corrected chi connectivity index (χ3v) is 5.26. The van der Waals surface area contributed by atoms with Gasteiger partial charge in [-0.2, -0.15) is 0 Å². The number of esters is 1. The maximum atomic E-state index is 12.6. The van der Waals surface area contributed by atoms with E-state index in [4.69, 9.17) is 13.9 Å². The molecule has 2 aromatic rings. The summed E-state index contributed by atoms with van der Waals surface area (Å²) in [5.74, 6) is -0.401. The number of para-hydroxylation sites is 1. The molecule has 0 unspecified atom stereocenters. The average Bonchev–Trinajstić information content (AvgIpc) is 3.03. The van der Waals surface area contributed by atoms with Crippen molar-refractivity contribution in [1.82, 2.24) is 5.32 Å². The Kier molecular flexibility index (Phi) is 6.16. The monoisotopic (exact) mass is 373 g/mol. The highest BCUT2D eigenvalue weighted by Gasteiger charge is 2.28. The van der Waals surface area contributed by atoms with Gasteiger partial charge in [0, 0.05) is 24.1 Å². The number of ether oxygens (including phenoxy) is 2. The van der Waals surface area contributed by atoms with E-state index in [1.807, 2.05) is 18.2 Å².